The number of methoxy groups -OCH3 is 1. The van der Waals surface area contributed by atoms with Gasteiger partial charge in [0.15, 0.2) is 0 Å². The predicted octanol–water partition coefficient (Wildman–Crippen LogP) is 0.980. The van der Waals surface area contributed by atoms with Crippen molar-refractivity contribution >= 4 is 5.82 Å². The highest BCUT2D eigenvalue weighted by Gasteiger charge is 2.24. The molecule has 0 aliphatic carbocycles. The highest BCUT2D eigenvalue weighted by molar-refractivity contribution is 5.56. The van der Waals surface area contributed by atoms with Gasteiger partial charge in [0.2, 0.25) is 12.2 Å². The van der Waals surface area contributed by atoms with Gasteiger partial charge in [-0.1, -0.05) is 12.1 Å². The number of nitro groups is 1. The molecule has 22 heavy (non-hydrogen) atoms. The molecule has 0 fully saturated rings. The van der Waals surface area contributed by atoms with Gasteiger partial charge >= 0.3 is 5.82 Å². The first-order valence-corrected chi connectivity index (χ1v) is 6.20. The molecule has 2 aromatic heterocycles. The third-order valence-corrected chi connectivity index (χ3v) is 2.99. The number of ether oxygens (including phenoxy) is 1. The molecule has 1 aromatic carbocycles. The van der Waals surface area contributed by atoms with Crippen LogP contribution in [0.2, 0.25) is 0 Å². The van der Waals surface area contributed by atoms with E-state index in [-0.39, 0.29) is 11.6 Å². The van der Waals surface area contributed by atoms with Gasteiger partial charge in [0.1, 0.15) is 5.75 Å². The third-order valence-electron chi connectivity index (χ3n) is 2.99. The summed E-state index contributed by atoms with van der Waals surface area (Å²) in [6.45, 7) is 0. The summed E-state index contributed by atoms with van der Waals surface area (Å²) in [7, 11) is 3.17. The standard InChI is InChI=1S/C12H11N7O3/c1-17-7-13-11(19(20)21)12(17)18-15-10(14-16-18)8-4-3-5-9(6-8)22-2/h3-7H,1-2H3. The molecule has 0 atom stereocenters. The number of nitrogens with zero attached hydrogens (tertiary/aromatic N) is 7. The van der Waals surface area contributed by atoms with Crippen molar-refractivity contribution in [2.45, 2.75) is 0 Å². The number of rotatable bonds is 4. The van der Waals surface area contributed by atoms with E-state index in [1.807, 2.05) is 0 Å². The van der Waals surface area contributed by atoms with Crippen molar-refractivity contribution in [3.63, 3.8) is 0 Å². The molecule has 0 aliphatic heterocycles. The van der Waals surface area contributed by atoms with Crippen LogP contribution in [0.15, 0.2) is 30.6 Å². The minimum absolute atomic E-state index is 0.131. The average Bonchev–Trinajstić information content (AvgIpc) is 3.13. The zero-order valence-electron chi connectivity index (χ0n) is 11.7. The molecule has 2 heterocycles. The van der Waals surface area contributed by atoms with Gasteiger partial charge in [-0.25, -0.2) is 0 Å². The maximum Gasteiger partial charge on any atom is 0.410 e. The molecule has 0 N–H and O–H groups in total. The second-order valence-corrected chi connectivity index (χ2v) is 4.39. The topological polar surface area (TPSA) is 114 Å². The van der Waals surface area contributed by atoms with E-state index in [4.69, 9.17) is 4.74 Å². The van der Waals surface area contributed by atoms with Crippen LogP contribution in [0.5, 0.6) is 5.75 Å². The van der Waals surface area contributed by atoms with E-state index in [0.29, 0.717) is 17.1 Å². The molecular weight excluding hydrogens is 290 g/mol. The van der Waals surface area contributed by atoms with E-state index in [1.165, 1.54) is 10.9 Å². The van der Waals surface area contributed by atoms with E-state index in [9.17, 15) is 10.1 Å². The third kappa shape index (κ3) is 2.26. The van der Waals surface area contributed by atoms with Gasteiger partial charge < -0.3 is 14.9 Å². The number of aromatic nitrogens is 6. The van der Waals surface area contributed by atoms with Crippen molar-refractivity contribution in [1.82, 2.24) is 29.8 Å². The normalized spacial score (nSPS) is 10.6. The Kier molecular flexibility index (Phi) is 3.26. The zero-order valence-corrected chi connectivity index (χ0v) is 11.7. The Hall–Kier alpha value is -3.30. The van der Waals surface area contributed by atoms with Gasteiger partial charge in [-0.05, 0) is 27.3 Å². The fraction of sp³-hybridized carbons (Fsp3) is 0.167. The summed E-state index contributed by atoms with van der Waals surface area (Å²) in [5.74, 6) is 0.776. The number of hydrogen-bond acceptors (Lipinski definition) is 7. The van der Waals surface area contributed by atoms with Gasteiger partial charge in [-0.2, -0.15) is 0 Å². The lowest BCUT2D eigenvalue weighted by Gasteiger charge is -2.00. The molecule has 10 nitrogen and oxygen atoms in total. The van der Waals surface area contributed by atoms with Crippen molar-refractivity contribution in [3.8, 4) is 23.0 Å². The molecule has 112 valence electrons. The van der Waals surface area contributed by atoms with Gasteiger partial charge in [0, 0.05) is 12.6 Å². The van der Waals surface area contributed by atoms with Gasteiger partial charge in [-0.3, -0.25) is 4.57 Å². The number of benzene rings is 1. The maximum atomic E-state index is 11.0. The molecule has 0 saturated carbocycles. The Morgan fingerprint density at radius 2 is 2.18 bits per heavy atom. The van der Waals surface area contributed by atoms with E-state index in [0.717, 1.165) is 4.80 Å². The Bertz CT molecular complexity index is 839. The summed E-state index contributed by atoms with van der Waals surface area (Å²) in [6, 6.07) is 7.13. The summed E-state index contributed by atoms with van der Waals surface area (Å²) in [6.07, 6.45) is 1.32. The van der Waals surface area contributed by atoms with Crippen molar-refractivity contribution in [2.75, 3.05) is 7.11 Å². The largest absolute Gasteiger partial charge is 0.497 e. The molecule has 0 radical (unpaired) electrons. The quantitative estimate of drug-likeness (QED) is 0.521. The number of imidazole rings is 1. The first-order chi connectivity index (χ1) is 10.6. The SMILES string of the molecule is COc1cccc(-c2nnn(-c3c([N+](=O)[O-])ncn3C)n2)c1. The summed E-state index contributed by atoms with van der Waals surface area (Å²) in [4.78, 5) is 15.2. The molecule has 0 spiro atoms. The molecular formula is C12H11N7O3. The number of hydrogen-bond donors (Lipinski definition) is 0. The molecule has 0 aliphatic rings. The van der Waals surface area contributed by atoms with Gasteiger partial charge in [-0.15, -0.1) is 15.0 Å². The van der Waals surface area contributed by atoms with Crippen molar-refractivity contribution in [2.24, 2.45) is 7.05 Å². The Morgan fingerprint density at radius 1 is 1.36 bits per heavy atom. The van der Waals surface area contributed by atoms with E-state index < -0.39 is 4.92 Å². The van der Waals surface area contributed by atoms with Crippen molar-refractivity contribution in [1.29, 1.82) is 0 Å². The summed E-state index contributed by atoms with van der Waals surface area (Å²) in [5.41, 5.74) is 0.690. The molecule has 0 saturated heterocycles. The Labute approximate surface area is 124 Å². The lowest BCUT2D eigenvalue weighted by Crippen LogP contribution is -2.07. The van der Waals surface area contributed by atoms with Gasteiger partial charge in [0.25, 0.3) is 5.82 Å². The molecule has 10 heteroatoms. The fourth-order valence-corrected chi connectivity index (χ4v) is 1.95. The maximum absolute atomic E-state index is 11.0. The fourth-order valence-electron chi connectivity index (χ4n) is 1.95. The zero-order chi connectivity index (χ0) is 15.7. The minimum Gasteiger partial charge on any atom is -0.497 e. The van der Waals surface area contributed by atoms with Gasteiger partial charge in [0.05, 0.1) is 7.11 Å². The Balaban J connectivity index is 2.04. The van der Waals surface area contributed by atoms with Crippen LogP contribution in [0.25, 0.3) is 17.2 Å². The molecule has 3 aromatic rings. The van der Waals surface area contributed by atoms with Crippen LogP contribution in [-0.4, -0.2) is 41.8 Å². The van der Waals surface area contributed by atoms with Crippen LogP contribution < -0.4 is 4.74 Å². The van der Waals surface area contributed by atoms with Crippen LogP contribution in [0.4, 0.5) is 5.82 Å². The minimum atomic E-state index is -0.593. The van der Waals surface area contributed by atoms with Crippen molar-refractivity contribution in [3.05, 3.63) is 40.7 Å². The Morgan fingerprint density at radius 3 is 2.91 bits per heavy atom. The van der Waals surface area contributed by atoms with Crippen molar-refractivity contribution < 1.29 is 9.66 Å². The van der Waals surface area contributed by atoms with Crippen LogP contribution in [-0.2, 0) is 7.05 Å². The molecule has 0 bridgehead atoms. The number of tetrazole rings is 1. The summed E-state index contributed by atoms with van der Waals surface area (Å²) < 4.78 is 6.59. The second kappa shape index (κ2) is 5.24. The first kappa shape index (κ1) is 13.7. The van der Waals surface area contributed by atoms with Crippen LogP contribution in [0, 0.1) is 10.1 Å². The monoisotopic (exact) mass is 301 g/mol. The average molecular weight is 301 g/mol. The first-order valence-electron chi connectivity index (χ1n) is 6.20. The highest BCUT2D eigenvalue weighted by Crippen LogP contribution is 2.22. The summed E-state index contributed by atoms with van der Waals surface area (Å²) in [5, 5.41) is 23.0. The molecule has 0 unspecified atom stereocenters. The van der Waals surface area contributed by atoms with E-state index in [2.05, 4.69) is 20.4 Å². The van der Waals surface area contributed by atoms with Crippen LogP contribution in [0.1, 0.15) is 0 Å². The lowest BCUT2D eigenvalue weighted by molar-refractivity contribution is -0.389. The predicted molar refractivity (Wildman–Crippen MR) is 74.6 cm³/mol. The molecule has 3 rings (SSSR count). The molecule has 0 amide bonds. The lowest BCUT2D eigenvalue weighted by atomic mass is 10.2. The van der Waals surface area contributed by atoms with Crippen LogP contribution in [0.3, 0.4) is 0 Å². The van der Waals surface area contributed by atoms with E-state index in [1.54, 1.807) is 38.4 Å². The van der Waals surface area contributed by atoms with E-state index >= 15 is 0 Å². The summed E-state index contributed by atoms with van der Waals surface area (Å²) >= 11 is 0. The van der Waals surface area contributed by atoms with Crippen LogP contribution >= 0.6 is 0 Å². The number of aryl methyl sites for hydroxylation is 1. The second-order valence-electron chi connectivity index (χ2n) is 4.39. The smallest absolute Gasteiger partial charge is 0.410 e. The highest BCUT2D eigenvalue weighted by atomic mass is 16.6.